The first kappa shape index (κ1) is 42.9. The third-order valence-electron chi connectivity index (χ3n) is 13.9. The predicted octanol–water partition coefficient (Wildman–Crippen LogP) is 17.1. The van der Waals surface area contributed by atoms with Crippen LogP contribution in [0, 0.1) is 0 Å². The molecular formula is C65H53N5. The molecule has 0 fully saturated rings. The van der Waals surface area contributed by atoms with Crippen LogP contribution in [0.15, 0.2) is 212 Å². The monoisotopic (exact) mass is 903 g/mol. The Kier molecular flexibility index (Phi) is 11.4. The lowest BCUT2D eigenvalue weighted by atomic mass is 9.98. The summed E-state index contributed by atoms with van der Waals surface area (Å²) in [4.78, 5) is 16.4. The highest BCUT2D eigenvalue weighted by atomic mass is 15.2. The van der Waals surface area contributed by atoms with Gasteiger partial charge in [-0.2, -0.15) is 9.97 Å². The molecule has 0 radical (unpaired) electrons. The summed E-state index contributed by atoms with van der Waals surface area (Å²) in [6.07, 6.45) is 6.62. The van der Waals surface area contributed by atoms with Gasteiger partial charge in [0.1, 0.15) is 0 Å². The molecule has 3 aromatic heterocycles. The molecule has 0 spiro atoms. The Morgan fingerprint density at radius 2 is 0.814 bits per heavy atom. The first-order valence-corrected chi connectivity index (χ1v) is 24.9. The first-order chi connectivity index (χ1) is 34.6. The summed E-state index contributed by atoms with van der Waals surface area (Å²) in [6.45, 7) is 4.53. The van der Waals surface area contributed by atoms with E-state index in [0.29, 0.717) is 17.6 Å². The fraction of sp³-hybridized carbons (Fsp3) is 0.123. The summed E-state index contributed by atoms with van der Waals surface area (Å²) < 4.78 is 4.77. The number of hydrogen-bond donors (Lipinski definition) is 0. The van der Waals surface area contributed by atoms with Crippen LogP contribution in [-0.4, -0.2) is 24.1 Å². The highest BCUT2D eigenvalue weighted by Gasteiger charge is 2.24. The summed E-state index contributed by atoms with van der Waals surface area (Å²) in [7, 11) is 0. The molecule has 0 saturated carbocycles. The van der Waals surface area contributed by atoms with Gasteiger partial charge in [-0.1, -0.05) is 184 Å². The van der Waals surface area contributed by atoms with E-state index in [1.165, 1.54) is 49.3 Å². The van der Waals surface area contributed by atoms with E-state index < -0.39 is 0 Å². The Hall–Kier alpha value is -8.41. The van der Waals surface area contributed by atoms with Crippen molar-refractivity contribution in [2.75, 3.05) is 0 Å². The van der Waals surface area contributed by atoms with E-state index >= 15 is 0 Å². The van der Waals surface area contributed by atoms with Gasteiger partial charge >= 0.3 is 0 Å². The summed E-state index contributed by atoms with van der Waals surface area (Å²) in [5.41, 5.74) is 17.1. The van der Waals surface area contributed by atoms with Gasteiger partial charge in [-0.15, -0.1) is 0 Å². The molecular weight excluding hydrogens is 851 g/mol. The van der Waals surface area contributed by atoms with Crippen LogP contribution < -0.4 is 0 Å². The number of rotatable bonds is 13. The number of aryl methyl sites for hydroxylation is 2. The summed E-state index contributed by atoms with van der Waals surface area (Å²) in [6, 6.07) is 76.7. The number of para-hydroxylation sites is 1. The van der Waals surface area contributed by atoms with Gasteiger partial charge in [0.05, 0.1) is 22.1 Å². The molecule has 0 saturated heterocycles. The van der Waals surface area contributed by atoms with E-state index in [4.69, 9.17) is 15.0 Å². The molecule has 0 aliphatic carbocycles. The quantitative estimate of drug-likeness (QED) is 0.116. The minimum atomic E-state index is 0.585. The van der Waals surface area contributed by atoms with E-state index in [9.17, 15) is 0 Å². The first-order valence-electron chi connectivity index (χ1n) is 24.9. The molecule has 0 bridgehead atoms. The van der Waals surface area contributed by atoms with Gasteiger partial charge in [0.15, 0.2) is 11.6 Å². The van der Waals surface area contributed by atoms with E-state index in [1.807, 2.05) is 0 Å². The van der Waals surface area contributed by atoms with Gasteiger partial charge in [-0.25, -0.2) is 4.98 Å². The molecule has 0 atom stereocenters. The lowest BCUT2D eigenvalue weighted by Crippen LogP contribution is -2.06. The Balaban J connectivity index is 1.12. The zero-order chi connectivity index (χ0) is 47.0. The van der Waals surface area contributed by atoms with E-state index in [0.717, 1.165) is 94.1 Å². The van der Waals surface area contributed by atoms with Crippen molar-refractivity contribution >= 4 is 43.6 Å². The predicted molar refractivity (Wildman–Crippen MR) is 293 cm³/mol. The van der Waals surface area contributed by atoms with Crippen LogP contribution in [0.5, 0.6) is 0 Å². The third-order valence-corrected chi connectivity index (χ3v) is 13.9. The number of nitrogens with zero attached hydrogens (tertiary/aromatic N) is 5. The summed E-state index contributed by atoms with van der Waals surface area (Å²) >= 11 is 0. The van der Waals surface area contributed by atoms with Crippen LogP contribution in [-0.2, 0) is 12.8 Å². The average Bonchev–Trinajstić information content (AvgIpc) is 3.95. The van der Waals surface area contributed by atoms with Gasteiger partial charge < -0.3 is 4.57 Å². The van der Waals surface area contributed by atoms with Gasteiger partial charge in [0, 0.05) is 38.4 Å². The smallest absolute Gasteiger partial charge is 0.238 e. The Labute approximate surface area is 409 Å². The summed E-state index contributed by atoms with van der Waals surface area (Å²) in [5, 5.41) is 4.80. The zero-order valence-electron chi connectivity index (χ0n) is 39.7. The Morgan fingerprint density at radius 1 is 0.343 bits per heavy atom. The molecule has 5 nitrogen and oxygen atoms in total. The molecule has 70 heavy (non-hydrogen) atoms. The largest absolute Gasteiger partial charge is 0.309 e. The second kappa shape index (κ2) is 18.6. The molecule has 3 heterocycles. The number of fused-ring (bicyclic) bond motifs is 7. The summed E-state index contributed by atoms with van der Waals surface area (Å²) in [5.74, 6) is 1.82. The standard InChI is InChI=1S/C65H53N5/c1-3-5-18-44-30-37-58-56(40-44)55-36-39-60-61(57-41-45(19-6-4-2)31-38-59(57)69(60)54-28-14-9-15-29-54)62(55)70(58)65-67-63(66-64(68-65)53-27-17-26-52(43-53)47-22-12-8-13-23-47)49-34-32-48(33-35-49)51-25-16-24-50(42-51)46-20-10-7-11-21-46/h7-17,20-43H,3-6,18-19H2,1-2H3. The van der Waals surface area contributed by atoms with Gasteiger partial charge in [0.2, 0.25) is 5.95 Å². The topological polar surface area (TPSA) is 48.5 Å². The molecule has 0 aliphatic heterocycles. The third kappa shape index (κ3) is 7.93. The van der Waals surface area contributed by atoms with Crippen molar-refractivity contribution in [1.82, 2.24) is 24.1 Å². The van der Waals surface area contributed by atoms with Crippen LogP contribution in [0.25, 0.3) is 111 Å². The van der Waals surface area contributed by atoms with Crippen molar-refractivity contribution in [2.24, 2.45) is 0 Å². The van der Waals surface area contributed by atoms with Crippen LogP contribution in [0.3, 0.4) is 0 Å². The molecule has 5 heteroatoms. The molecule has 12 rings (SSSR count). The van der Waals surface area contributed by atoms with Gasteiger partial charge in [-0.3, -0.25) is 4.57 Å². The maximum atomic E-state index is 5.53. The fourth-order valence-electron chi connectivity index (χ4n) is 10.4. The number of aromatic nitrogens is 5. The molecule has 0 N–H and O–H groups in total. The van der Waals surface area contributed by atoms with Crippen molar-refractivity contribution in [3.8, 4) is 67.8 Å². The molecule has 0 unspecified atom stereocenters. The van der Waals surface area contributed by atoms with Gasteiger partial charge in [0.25, 0.3) is 0 Å². The van der Waals surface area contributed by atoms with Crippen LogP contribution in [0.2, 0.25) is 0 Å². The number of benzene rings is 9. The Morgan fingerprint density at radius 3 is 1.41 bits per heavy atom. The molecule has 338 valence electrons. The van der Waals surface area contributed by atoms with Crippen molar-refractivity contribution in [1.29, 1.82) is 0 Å². The van der Waals surface area contributed by atoms with E-state index in [2.05, 4.69) is 235 Å². The van der Waals surface area contributed by atoms with E-state index in [1.54, 1.807) is 0 Å². The second-order valence-corrected chi connectivity index (χ2v) is 18.5. The van der Waals surface area contributed by atoms with Gasteiger partial charge in [-0.05, 0) is 125 Å². The number of unbranched alkanes of at least 4 members (excludes halogenated alkanes) is 2. The lowest BCUT2D eigenvalue weighted by Gasteiger charge is -2.13. The zero-order valence-corrected chi connectivity index (χ0v) is 39.7. The SMILES string of the molecule is CCCCc1ccc2c(c1)c1c(ccc3c4cc(CCCC)ccc4n(-c4nc(-c5ccc(-c6cccc(-c7ccccc7)c6)cc5)nc(-c5cccc(-c6ccccc6)c5)n4)c31)n2-c1ccccc1. The average molecular weight is 904 g/mol. The van der Waals surface area contributed by atoms with Crippen LogP contribution >= 0.6 is 0 Å². The highest BCUT2D eigenvalue weighted by molar-refractivity contribution is 6.26. The lowest BCUT2D eigenvalue weighted by molar-refractivity contribution is 0.796. The van der Waals surface area contributed by atoms with Crippen LogP contribution in [0.1, 0.15) is 50.7 Å². The Bertz CT molecular complexity index is 3830. The minimum absolute atomic E-state index is 0.585. The highest BCUT2D eigenvalue weighted by Crippen LogP contribution is 2.43. The second-order valence-electron chi connectivity index (χ2n) is 18.5. The molecule has 0 amide bonds. The van der Waals surface area contributed by atoms with Crippen molar-refractivity contribution in [3.05, 3.63) is 223 Å². The number of hydrogen-bond acceptors (Lipinski definition) is 3. The fourth-order valence-corrected chi connectivity index (χ4v) is 10.4. The maximum Gasteiger partial charge on any atom is 0.238 e. The molecule has 9 aromatic carbocycles. The minimum Gasteiger partial charge on any atom is -0.309 e. The van der Waals surface area contributed by atoms with Crippen molar-refractivity contribution in [3.63, 3.8) is 0 Å². The maximum absolute atomic E-state index is 5.53. The van der Waals surface area contributed by atoms with Crippen molar-refractivity contribution in [2.45, 2.75) is 52.4 Å². The molecule has 12 aromatic rings. The van der Waals surface area contributed by atoms with Crippen molar-refractivity contribution < 1.29 is 0 Å². The normalized spacial score (nSPS) is 11.6. The van der Waals surface area contributed by atoms with Crippen LogP contribution in [0.4, 0.5) is 0 Å². The van der Waals surface area contributed by atoms with E-state index in [-0.39, 0.29) is 0 Å². The molecule has 0 aliphatic rings.